The highest BCUT2D eigenvalue weighted by molar-refractivity contribution is 7.11. The lowest BCUT2D eigenvalue weighted by Gasteiger charge is -2.47. The Hall–Kier alpha value is -1.89. The van der Waals surface area contributed by atoms with Crippen LogP contribution in [0.25, 0.3) is 0 Å². The molecule has 4 rings (SSSR count). The number of fused-ring (bicyclic) bond motifs is 1. The van der Waals surface area contributed by atoms with Gasteiger partial charge in [-0.1, -0.05) is 18.2 Å². The van der Waals surface area contributed by atoms with Crippen LogP contribution in [0.4, 0.5) is 0 Å². The van der Waals surface area contributed by atoms with E-state index in [0.717, 1.165) is 44.6 Å². The molecule has 1 aromatic carbocycles. The number of nitrogens with one attached hydrogen (secondary N) is 1. The van der Waals surface area contributed by atoms with Crippen molar-refractivity contribution in [3.8, 4) is 5.75 Å². The fraction of sp³-hybridized carbons (Fsp3) is 0.542. The molecule has 0 radical (unpaired) electrons. The smallest absolute Gasteiger partial charge is 0.220 e. The summed E-state index contributed by atoms with van der Waals surface area (Å²) in [5.74, 6) is 1.25. The number of thiophene rings is 1. The van der Waals surface area contributed by atoms with Crippen molar-refractivity contribution >= 4 is 17.2 Å². The Kier molecular flexibility index (Phi) is 6.76. The van der Waals surface area contributed by atoms with Crippen molar-refractivity contribution in [3.63, 3.8) is 0 Å². The van der Waals surface area contributed by atoms with Gasteiger partial charge < -0.3 is 14.8 Å². The standard InChI is InChI=1S/C24H32N2O3S/c1-18-7-8-20(30-18)17-26-12-9-24(10-13-26)16-19(15-23(27)25-11-14-28-2)21-5-3-4-6-22(21)29-24/h3-8,19H,9-17H2,1-2H3,(H,25,27). The highest BCUT2D eigenvalue weighted by atomic mass is 32.1. The van der Waals surface area contributed by atoms with E-state index in [2.05, 4.69) is 41.4 Å². The monoisotopic (exact) mass is 428 g/mol. The number of ether oxygens (including phenoxy) is 2. The van der Waals surface area contributed by atoms with Gasteiger partial charge in [0.1, 0.15) is 11.4 Å². The summed E-state index contributed by atoms with van der Waals surface area (Å²) in [7, 11) is 1.65. The van der Waals surface area contributed by atoms with Gasteiger partial charge in [0.15, 0.2) is 0 Å². The number of para-hydroxylation sites is 1. The summed E-state index contributed by atoms with van der Waals surface area (Å²) in [4.78, 5) is 17.9. The van der Waals surface area contributed by atoms with Crippen molar-refractivity contribution in [2.45, 2.75) is 50.7 Å². The van der Waals surface area contributed by atoms with Gasteiger partial charge in [-0.05, 0) is 49.9 Å². The number of hydrogen-bond donors (Lipinski definition) is 1. The van der Waals surface area contributed by atoms with Crippen LogP contribution in [0.3, 0.4) is 0 Å². The normalized spacial score (nSPS) is 20.5. The second-order valence-electron chi connectivity index (χ2n) is 8.56. The molecule has 1 N–H and O–H groups in total. The zero-order chi connectivity index (χ0) is 21.0. The van der Waals surface area contributed by atoms with E-state index in [1.165, 1.54) is 15.3 Å². The molecule has 1 atom stereocenters. The van der Waals surface area contributed by atoms with Crippen molar-refractivity contribution in [2.75, 3.05) is 33.4 Å². The van der Waals surface area contributed by atoms with Gasteiger partial charge in [0, 0.05) is 55.4 Å². The van der Waals surface area contributed by atoms with E-state index in [1.807, 2.05) is 23.5 Å². The molecule has 2 aliphatic heterocycles. The van der Waals surface area contributed by atoms with E-state index in [1.54, 1.807) is 7.11 Å². The number of carbonyl (C=O) groups excluding carboxylic acids is 1. The Morgan fingerprint density at radius 2 is 2.07 bits per heavy atom. The summed E-state index contributed by atoms with van der Waals surface area (Å²) < 4.78 is 11.6. The molecule has 2 aliphatic rings. The number of hydrogen-bond acceptors (Lipinski definition) is 5. The quantitative estimate of drug-likeness (QED) is 0.675. The van der Waals surface area contributed by atoms with Crippen molar-refractivity contribution in [1.29, 1.82) is 0 Å². The Labute approximate surface area is 183 Å². The van der Waals surface area contributed by atoms with Gasteiger partial charge in [0.2, 0.25) is 5.91 Å². The van der Waals surface area contributed by atoms with Crippen LogP contribution in [0.1, 0.15) is 46.9 Å². The molecule has 1 unspecified atom stereocenters. The van der Waals surface area contributed by atoms with E-state index >= 15 is 0 Å². The number of rotatable bonds is 7. The molecule has 2 aromatic rings. The molecule has 1 aromatic heterocycles. The first kappa shape index (κ1) is 21.3. The lowest BCUT2D eigenvalue weighted by Crippen LogP contribution is -2.50. The summed E-state index contributed by atoms with van der Waals surface area (Å²) >= 11 is 1.89. The SMILES string of the molecule is COCCNC(=O)CC1CC2(CCN(Cc3ccc(C)s3)CC2)Oc2ccccc21. The number of amides is 1. The molecule has 30 heavy (non-hydrogen) atoms. The van der Waals surface area contributed by atoms with Gasteiger partial charge in [-0.25, -0.2) is 0 Å². The summed E-state index contributed by atoms with van der Waals surface area (Å²) in [6.07, 6.45) is 3.43. The number of methoxy groups -OCH3 is 1. The maximum atomic E-state index is 12.5. The maximum absolute atomic E-state index is 12.5. The third kappa shape index (κ3) is 5.05. The third-order valence-corrected chi connectivity index (χ3v) is 7.29. The first-order chi connectivity index (χ1) is 14.6. The van der Waals surface area contributed by atoms with E-state index in [0.29, 0.717) is 19.6 Å². The Morgan fingerprint density at radius 1 is 1.27 bits per heavy atom. The van der Waals surface area contributed by atoms with Crippen LogP contribution in [0.2, 0.25) is 0 Å². The Balaban J connectivity index is 1.41. The predicted molar refractivity (Wildman–Crippen MR) is 120 cm³/mol. The molecule has 5 nitrogen and oxygen atoms in total. The van der Waals surface area contributed by atoms with Gasteiger partial charge in [-0.2, -0.15) is 0 Å². The molecular weight excluding hydrogens is 396 g/mol. The van der Waals surface area contributed by atoms with Crippen molar-refractivity contribution in [2.24, 2.45) is 0 Å². The molecule has 0 aliphatic carbocycles. The fourth-order valence-electron chi connectivity index (χ4n) is 4.73. The zero-order valence-electron chi connectivity index (χ0n) is 18.0. The van der Waals surface area contributed by atoms with Gasteiger partial charge >= 0.3 is 0 Å². The van der Waals surface area contributed by atoms with E-state index < -0.39 is 0 Å². The first-order valence-electron chi connectivity index (χ1n) is 10.9. The topological polar surface area (TPSA) is 50.8 Å². The summed E-state index contributed by atoms with van der Waals surface area (Å²) in [5, 5.41) is 2.98. The van der Waals surface area contributed by atoms with Crippen molar-refractivity contribution < 1.29 is 14.3 Å². The van der Waals surface area contributed by atoms with Crippen molar-refractivity contribution in [1.82, 2.24) is 10.2 Å². The summed E-state index contributed by atoms with van der Waals surface area (Å²) in [6, 6.07) is 12.7. The second kappa shape index (κ2) is 9.50. The minimum Gasteiger partial charge on any atom is -0.487 e. The van der Waals surface area contributed by atoms with Crippen molar-refractivity contribution in [3.05, 3.63) is 51.7 Å². The molecular formula is C24H32N2O3S. The van der Waals surface area contributed by atoms with E-state index in [9.17, 15) is 4.79 Å². The molecule has 0 bridgehead atoms. The molecule has 0 saturated carbocycles. The fourth-order valence-corrected chi connectivity index (χ4v) is 5.66. The minimum atomic E-state index is -0.159. The number of nitrogens with zero attached hydrogens (tertiary/aromatic N) is 1. The number of benzene rings is 1. The van der Waals surface area contributed by atoms with Gasteiger partial charge in [-0.15, -0.1) is 11.3 Å². The minimum absolute atomic E-state index is 0.0920. The highest BCUT2D eigenvalue weighted by Gasteiger charge is 2.43. The second-order valence-corrected chi connectivity index (χ2v) is 9.93. The van der Waals surface area contributed by atoms with Crippen LogP contribution in [0.5, 0.6) is 5.75 Å². The van der Waals surface area contributed by atoms with E-state index in [4.69, 9.17) is 9.47 Å². The molecule has 3 heterocycles. The number of likely N-dealkylation sites (tertiary alicyclic amines) is 1. The Bertz CT molecular complexity index is 858. The lowest BCUT2D eigenvalue weighted by atomic mass is 9.76. The first-order valence-corrected chi connectivity index (χ1v) is 11.7. The van der Waals surface area contributed by atoms with Gasteiger partial charge in [-0.3, -0.25) is 9.69 Å². The molecule has 1 fully saturated rings. The van der Waals surface area contributed by atoms with Crippen LogP contribution >= 0.6 is 11.3 Å². The number of carbonyl (C=O) groups is 1. The van der Waals surface area contributed by atoms with E-state index in [-0.39, 0.29) is 17.4 Å². The van der Waals surface area contributed by atoms with Crippen LogP contribution in [-0.2, 0) is 16.1 Å². The average molecular weight is 429 g/mol. The summed E-state index contributed by atoms with van der Waals surface area (Å²) in [6.45, 7) is 6.36. The maximum Gasteiger partial charge on any atom is 0.220 e. The highest BCUT2D eigenvalue weighted by Crippen LogP contribution is 2.46. The number of aryl methyl sites for hydroxylation is 1. The van der Waals surface area contributed by atoms with Gasteiger partial charge in [0.25, 0.3) is 0 Å². The molecule has 162 valence electrons. The van der Waals surface area contributed by atoms with Crippen LogP contribution < -0.4 is 10.1 Å². The lowest BCUT2D eigenvalue weighted by molar-refractivity contribution is -0.122. The van der Waals surface area contributed by atoms with Crippen LogP contribution in [0, 0.1) is 6.92 Å². The van der Waals surface area contributed by atoms with Crippen LogP contribution in [0.15, 0.2) is 36.4 Å². The summed E-state index contributed by atoms with van der Waals surface area (Å²) in [5.41, 5.74) is 1.01. The molecule has 1 amide bonds. The average Bonchev–Trinajstić information content (AvgIpc) is 3.15. The third-order valence-electron chi connectivity index (χ3n) is 6.31. The molecule has 1 spiro atoms. The zero-order valence-corrected chi connectivity index (χ0v) is 18.8. The van der Waals surface area contributed by atoms with Gasteiger partial charge in [0.05, 0.1) is 6.61 Å². The predicted octanol–water partition coefficient (Wildman–Crippen LogP) is 4.11. The number of piperidine rings is 1. The van der Waals surface area contributed by atoms with Crippen LogP contribution in [-0.4, -0.2) is 49.8 Å². The largest absolute Gasteiger partial charge is 0.487 e. The Morgan fingerprint density at radius 3 is 2.80 bits per heavy atom. The molecule has 1 saturated heterocycles. The molecule has 6 heteroatoms.